The highest BCUT2D eigenvalue weighted by Gasteiger charge is 2.21. The summed E-state index contributed by atoms with van der Waals surface area (Å²) in [7, 11) is 5.94. The van der Waals surface area contributed by atoms with Crippen LogP contribution in [-0.4, -0.2) is 34.4 Å². The van der Waals surface area contributed by atoms with Gasteiger partial charge in [-0.05, 0) is 36.4 Å². The molecule has 3 aromatic carbocycles. The smallest absolute Gasteiger partial charge is 0.344 e. The van der Waals surface area contributed by atoms with Gasteiger partial charge in [-0.1, -0.05) is 6.07 Å². The first kappa shape index (κ1) is 21.0. The van der Waals surface area contributed by atoms with Crippen LogP contribution in [0, 0.1) is 0 Å². The molecule has 1 aromatic heterocycles. The highest BCUT2D eigenvalue weighted by atomic mass is 16.5. The van der Waals surface area contributed by atoms with E-state index in [4.69, 9.17) is 28.1 Å². The molecule has 0 N–H and O–H groups in total. The van der Waals surface area contributed by atoms with Crippen LogP contribution < -0.4 is 29.3 Å². The van der Waals surface area contributed by atoms with Gasteiger partial charge in [-0.3, -0.25) is 0 Å². The maximum absolute atomic E-state index is 12.7. The number of hydrogen-bond acceptors (Lipinski definition) is 8. The highest BCUT2D eigenvalue weighted by molar-refractivity contribution is 6.10. The lowest BCUT2D eigenvalue weighted by molar-refractivity contribution is 0.0734. The number of hydrogen-bond donors (Lipinski definition) is 0. The summed E-state index contributed by atoms with van der Waals surface area (Å²) >= 11 is 0. The number of carbonyl (C=O) groups is 1. The van der Waals surface area contributed by atoms with E-state index in [9.17, 15) is 9.59 Å². The van der Waals surface area contributed by atoms with E-state index in [1.807, 2.05) is 0 Å². The molecular weight excluding hydrogens is 416 g/mol. The van der Waals surface area contributed by atoms with Gasteiger partial charge in [0.2, 0.25) is 5.75 Å². The maximum atomic E-state index is 12.7. The van der Waals surface area contributed by atoms with Crippen molar-refractivity contribution in [2.45, 2.75) is 0 Å². The van der Waals surface area contributed by atoms with Crippen molar-refractivity contribution in [1.29, 1.82) is 0 Å². The number of rotatable bonds is 6. The normalized spacial score (nSPS) is 10.8. The van der Waals surface area contributed by atoms with Crippen molar-refractivity contribution >= 4 is 27.7 Å². The van der Waals surface area contributed by atoms with E-state index >= 15 is 0 Å². The summed E-state index contributed by atoms with van der Waals surface area (Å²) in [5.41, 5.74) is -0.0464. The Hall–Kier alpha value is -4.20. The third-order valence-electron chi connectivity index (χ3n) is 4.99. The van der Waals surface area contributed by atoms with Gasteiger partial charge in [0.15, 0.2) is 11.5 Å². The van der Waals surface area contributed by atoms with Gasteiger partial charge in [-0.25, -0.2) is 9.59 Å². The molecular formula is C24H20O8. The van der Waals surface area contributed by atoms with E-state index in [1.165, 1.54) is 34.5 Å². The van der Waals surface area contributed by atoms with Gasteiger partial charge in [0.25, 0.3) is 0 Å². The van der Waals surface area contributed by atoms with Gasteiger partial charge in [0.05, 0.1) is 39.4 Å². The Kier molecular flexibility index (Phi) is 5.59. The molecule has 8 heteroatoms. The quantitative estimate of drug-likeness (QED) is 0.192. The van der Waals surface area contributed by atoms with Crippen molar-refractivity contribution < 1.29 is 32.9 Å². The molecule has 0 aliphatic carbocycles. The van der Waals surface area contributed by atoms with Crippen molar-refractivity contribution in [2.24, 2.45) is 0 Å². The molecule has 0 amide bonds. The molecule has 1 heterocycles. The standard InChI is InChI=1S/C24H20O8/c1-27-14-7-5-6-13(10-14)23(25)31-15-8-9-16-18(11-15)32-24(26)17-12-19(28-2)21(29-3)22(30-4)20(16)17/h5-12H,1-4H3. The summed E-state index contributed by atoms with van der Waals surface area (Å²) in [6.45, 7) is 0. The zero-order valence-corrected chi connectivity index (χ0v) is 17.9. The average molecular weight is 436 g/mol. The first-order chi connectivity index (χ1) is 15.5. The van der Waals surface area contributed by atoms with Gasteiger partial charge in [-0.15, -0.1) is 0 Å². The van der Waals surface area contributed by atoms with Gasteiger partial charge in [0, 0.05) is 16.8 Å². The lowest BCUT2D eigenvalue weighted by Crippen LogP contribution is -2.09. The first-order valence-electron chi connectivity index (χ1n) is 9.56. The van der Waals surface area contributed by atoms with Gasteiger partial charge >= 0.3 is 11.6 Å². The minimum absolute atomic E-state index is 0.215. The lowest BCUT2D eigenvalue weighted by atomic mass is 10.0. The van der Waals surface area contributed by atoms with Crippen molar-refractivity contribution in [3.8, 4) is 28.7 Å². The summed E-state index contributed by atoms with van der Waals surface area (Å²) < 4.78 is 32.4. The minimum atomic E-state index is -0.594. The number of fused-ring (bicyclic) bond motifs is 3. The van der Waals surface area contributed by atoms with Crippen LogP contribution in [0.1, 0.15) is 10.4 Å². The number of esters is 1. The van der Waals surface area contributed by atoms with E-state index in [0.717, 1.165) is 0 Å². The van der Waals surface area contributed by atoms with Crippen LogP contribution in [0.5, 0.6) is 28.7 Å². The third kappa shape index (κ3) is 3.56. The molecule has 0 fully saturated rings. The number of ether oxygens (including phenoxy) is 5. The number of benzene rings is 3. The molecule has 0 radical (unpaired) electrons. The van der Waals surface area contributed by atoms with Crippen LogP contribution in [0.15, 0.2) is 57.7 Å². The van der Waals surface area contributed by atoms with Crippen molar-refractivity contribution in [2.75, 3.05) is 28.4 Å². The highest BCUT2D eigenvalue weighted by Crippen LogP contribution is 2.45. The average Bonchev–Trinajstić information content (AvgIpc) is 2.82. The largest absolute Gasteiger partial charge is 0.497 e. The van der Waals surface area contributed by atoms with Crippen LogP contribution in [0.25, 0.3) is 21.7 Å². The Morgan fingerprint density at radius 1 is 0.781 bits per heavy atom. The molecule has 32 heavy (non-hydrogen) atoms. The summed E-state index contributed by atoms with van der Waals surface area (Å²) in [6.07, 6.45) is 0. The Balaban J connectivity index is 1.83. The summed E-state index contributed by atoms with van der Waals surface area (Å²) in [5, 5.41) is 1.36. The van der Waals surface area contributed by atoms with E-state index in [-0.39, 0.29) is 16.7 Å². The topological polar surface area (TPSA) is 93.4 Å². The van der Waals surface area contributed by atoms with E-state index in [0.29, 0.717) is 39.3 Å². The van der Waals surface area contributed by atoms with Crippen molar-refractivity contribution in [3.05, 3.63) is 64.5 Å². The van der Waals surface area contributed by atoms with Crippen molar-refractivity contribution in [1.82, 2.24) is 0 Å². The maximum Gasteiger partial charge on any atom is 0.344 e. The van der Waals surface area contributed by atoms with Gasteiger partial charge in [-0.2, -0.15) is 0 Å². The third-order valence-corrected chi connectivity index (χ3v) is 4.99. The Morgan fingerprint density at radius 3 is 2.25 bits per heavy atom. The van der Waals surface area contributed by atoms with Crippen LogP contribution in [0.2, 0.25) is 0 Å². The predicted octanol–water partition coefficient (Wildman–Crippen LogP) is 4.20. The SMILES string of the molecule is COc1cccc(C(=O)Oc2ccc3c(c2)oc(=O)c2cc(OC)c(OC)c(OC)c23)c1. The van der Waals surface area contributed by atoms with Crippen molar-refractivity contribution in [3.63, 3.8) is 0 Å². The van der Waals surface area contributed by atoms with Gasteiger partial charge < -0.3 is 28.1 Å². The van der Waals surface area contributed by atoms with Gasteiger partial charge in [0.1, 0.15) is 17.1 Å². The summed E-state index contributed by atoms with van der Waals surface area (Å²) in [5.74, 6) is 1.20. The van der Waals surface area contributed by atoms with E-state index in [2.05, 4.69) is 0 Å². The molecule has 0 saturated heterocycles. The minimum Gasteiger partial charge on any atom is -0.497 e. The lowest BCUT2D eigenvalue weighted by Gasteiger charge is -2.15. The second-order valence-electron chi connectivity index (χ2n) is 6.74. The van der Waals surface area contributed by atoms with Crippen LogP contribution >= 0.6 is 0 Å². The number of methoxy groups -OCH3 is 4. The predicted molar refractivity (Wildman–Crippen MR) is 118 cm³/mol. The van der Waals surface area contributed by atoms with Crippen LogP contribution in [0.4, 0.5) is 0 Å². The number of carbonyl (C=O) groups excluding carboxylic acids is 1. The second kappa shape index (κ2) is 8.50. The molecule has 0 aliphatic rings. The van der Waals surface area contributed by atoms with E-state index in [1.54, 1.807) is 42.5 Å². The van der Waals surface area contributed by atoms with E-state index < -0.39 is 11.6 Å². The monoisotopic (exact) mass is 436 g/mol. The fourth-order valence-corrected chi connectivity index (χ4v) is 3.51. The first-order valence-corrected chi connectivity index (χ1v) is 9.56. The fraction of sp³-hybridized carbons (Fsp3) is 0.167. The fourth-order valence-electron chi connectivity index (χ4n) is 3.51. The molecule has 0 bridgehead atoms. The Morgan fingerprint density at radius 2 is 1.56 bits per heavy atom. The van der Waals surface area contributed by atoms with Crippen LogP contribution in [-0.2, 0) is 0 Å². The Bertz CT molecular complexity index is 1390. The summed E-state index contributed by atoms with van der Waals surface area (Å²) in [4.78, 5) is 25.2. The molecule has 4 aromatic rings. The summed E-state index contributed by atoms with van der Waals surface area (Å²) in [6, 6.07) is 12.9. The Labute approximate surface area is 182 Å². The second-order valence-corrected chi connectivity index (χ2v) is 6.74. The molecule has 4 rings (SSSR count). The zero-order valence-electron chi connectivity index (χ0n) is 17.9. The molecule has 0 unspecified atom stereocenters. The zero-order chi connectivity index (χ0) is 22.8. The molecule has 164 valence electrons. The molecule has 0 atom stereocenters. The molecule has 0 spiro atoms. The molecule has 8 nitrogen and oxygen atoms in total. The van der Waals surface area contributed by atoms with Crippen LogP contribution in [0.3, 0.4) is 0 Å². The molecule has 0 saturated carbocycles. The molecule has 0 aliphatic heterocycles.